The van der Waals surface area contributed by atoms with Crippen LogP contribution in [-0.2, 0) is 0 Å². The number of unbranched alkanes of at least 4 members (excludes halogenated alkanes) is 7. The Labute approximate surface area is 101 Å². The van der Waals surface area contributed by atoms with Crippen LogP contribution >= 0.6 is 0 Å². The van der Waals surface area contributed by atoms with E-state index in [0.717, 1.165) is 6.42 Å². The van der Waals surface area contributed by atoms with Gasteiger partial charge in [-0.2, -0.15) is 0 Å². The molecule has 16 heavy (non-hydrogen) atoms. The highest BCUT2D eigenvalue weighted by Gasteiger charge is 2.05. The summed E-state index contributed by atoms with van der Waals surface area (Å²) < 4.78 is 0. The van der Waals surface area contributed by atoms with E-state index in [1.807, 2.05) is 0 Å². The number of hydrogen-bond donors (Lipinski definition) is 0. The first-order chi connectivity index (χ1) is 7.85. The van der Waals surface area contributed by atoms with E-state index in [0.29, 0.717) is 0 Å². The lowest BCUT2D eigenvalue weighted by Gasteiger charge is -2.01. The fourth-order valence-corrected chi connectivity index (χ4v) is 1.81. The lowest BCUT2D eigenvalue weighted by Crippen LogP contribution is -1.96. The van der Waals surface area contributed by atoms with E-state index in [1.54, 1.807) is 6.08 Å². The third-order valence-corrected chi connectivity index (χ3v) is 2.83. The van der Waals surface area contributed by atoms with Crippen molar-refractivity contribution in [2.75, 3.05) is 0 Å². The quantitative estimate of drug-likeness (QED) is 0.272. The van der Waals surface area contributed by atoms with Gasteiger partial charge in [-0.25, -0.2) is 6.57 Å². The van der Waals surface area contributed by atoms with Crippen LogP contribution in [0.15, 0.2) is 18.4 Å². The van der Waals surface area contributed by atoms with E-state index in [2.05, 4.69) is 24.1 Å². The van der Waals surface area contributed by atoms with E-state index < -0.39 is 0 Å². The first kappa shape index (κ1) is 15.0. The fourth-order valence-electron chi connectivity index (χ4n) is 1.81. The average Bonchev–Trinajstić information content (AvgIpc) is 2.31. The molecule has 0 aliphatic carbocycles. The van der Waals surface area contributed by atoms with Crippen LogP contribution in [0.2, 0.25) is 0 Å². The summed E-state index contributed by atoms with van der Waals surface area (Å²) in [5.41, 5.74) is 2.71. The summed E-state index contributed by atoms with van der Waals surface area (Å²) in [7, 11) is 0. The molecular formula is C15H25N. The SMILES string of the molecule is [C-]#[N+]C(C=C=C)CCCCCCCCCC. The van der Waals surface area contributed by atoms with Gasteiger partial charge in [-0.05, 0) is 6.42 Å². The number of hydrogen-bond acceptors (Lipinski definition) is 0. The molecule has 0 aromatic heterocycles. The van der Waals surface area contributed by atoms with Crippen LogP contribution in [0, 0.1) is 6.57 Å². The molecule has 1 nitrogen and oxygen atoms in total. The lowest BCUT2D eigenvalue weighted by atomic mass is 10.0. The van der Waals surface area contributed by atoms with Crippen molar-refractivity contribution in [2.24, 2.45) is 0 Å². The van der Waals surface area contributed by atoms with E-state index in [9.17, 15) is 0 Å². The Bertz CT molecular complexity index is 230. The molecule has 0 saturated heterocycles. The molecule has 1 unspecified atom stereocenters. The minimum atomic E-state index is 0.0117. The normalized spacial score (nSPS) is 11.5. The molecule has 0 heterocycles. The van der Waals surface area contributed by atoms with Crippen molar-refractivity contribution in [2.45, 2.75) is 70.8 Å². The van der Waals surface area contributed by atoms with Crippen molar-refractivity contribution in [3.05, 3.63) is 29.8 Å². The Morgan fingerprint density at radius 3 is 2.19 bits per heavy atom. The van der Waals surface area contributed by atoms with Crippen molar-refractivity contribution < 1.29 is 0 Å². The third kappa shape index (κ3) is 9.56. The van der Waals surface area contributed by atoms with E-state index in [1.165, 1.54) is 51.4 Å². The van der Waals surface area contributed by atoms with Crippen LogP contribution in [0.25, 0.3) is 4.85 Å². The topological polar surface area (TPSA) is 4.36 Å². The smallest absolute Gasteiger partial charge is 0.249 e. The maximum Gasteiger partial charge on any atom is 0.249 e. The second kappa shape index (κ2) is 12.1. The second-order valence-corrected chi connectivity index (χ2v) is 4.33. The summed E-state index contributed by atoms with van der Waals surface area (Å²) in [6.07, 6.45) is 13.3. The van der Waals surface area contributed by atoms with Crippen LogP contribution in [-0.4, -0.2) is 6.04 Å². The highest BCUT2D eigenvalue weighted by Crippen LogP contribution is 2.12. The van der Waals surface area contributed by atoms with Crippen LogP contribution in [0.1, 0.15) is 64.7 Å². The van der Waals surface area contributed by atoms with Gasteiger partial charge in [0.05, 0.1) is 0 Å². The molecule has 0 aliphatic heterocycles. The Hall–Kier alpha value is -0.990. The van der Waals surface area contributed by atoms with Gasteiger partial charge in [0.15, 0.2) is 0 Å². The maximum atomic E-state index is 6.98. The Morgan fingerprint density at radius 1 is 1.12 bits per heavy atom. The van der Waals surface area contributed by atoms with Crippen LogP contribution in [0.5, 0.6) is 0 Å². The van der Waals surface area contributed by atoms with E-state index in [-0.39, 0.29) is 6.04 Å². The lowest BCUT2D eigenvalue weighted by molar-refractivity contribution is 0.562. The molecular weight excluding hydrogens is 194 g/mol. The Balaban J connectivity index is 3.26. The van der Waals surface area contributed by atoms with Gasteiger partial charge >= 0.3 is 0 Å². The standard InChI is InChI=1S/C15H25N/c1-4-6-7-8-9-10-11-12-14-15(16-3)13-5-2/h13,15H,2,4,6-12,14H2,1H3. The Morgan fingerprint density at radius 2 is 1.69 bits per heavy atom. The van der Waals surface area contributed by atoms with Crippen molar-refractivity contribution >= 4 is 0 Å². The first-order valence-electron chi connectivity index (χ1n) is 6.57. The molecule has 90 valence electrons. The molecule has 1 atom stereocenters. The highest BCUT2D eigenvalue weighted by atomic mass is 14.7. The first-order valence-corrected chi connectivity index (χ1v) is 6.57. The summed E-state index contributed by atoms with van der Waals surface area (Å²) >= 11 is 0. The molecule has 0 radical (unpaired) electrons. The summed E-state index contributed by atoms with van der Waals surface area (Å²) in [6, 6.07) is 0.0117. The summed E-state index contributed by atoms with van der Waals surface area (Å²) in [5, 5.41) is 0. The van der Waals surface area contributed by atoms with Gasteiger partial charge in [-0.1, -0.05) is 58.4 Å². The maximum absolute atomic E-state index is 6.98. The van der Waals surface area contributed by atoms with E-state index >= 15 is 0 Å². The van der Waals surface area contributed by atoms with Crippen molar-refractivity contribution in [3.63, 3.8) is 0 Å². The van der Waals surface area contributed by atoms with Crippen LogP contribution < -0.4 is 0 Å². The van der Waals surface area contributed by atoms with Gasteiger partial charge in [0, 0.05) is 12.5 Å². The van der Waals surface area contributed by atoms with E-state index in [4.69, 9.17) is 6.57 Å². The van der Waals surface area contributed by atoms with Gasteiger partial charge < -0.3 is 4.85 Å². The van der Waals surface area contributed by atoms with Crippen molar-refractivity contribution in [1.82, 2.24) is 0 Å². The molecule has 1 heteroatoms. The molecule has 0 amide bonds. The molecule has 0 bridgehead atoms. The number of nitrogens with zero attached hydrogens (tertiary/aromatic N) is 1. The largest absolute Gasteiger partial charge is 0.308 e. The van der Waals surface area contributed by atoms with Gasteiger partial charge in [-0.3, -0.25) is 0 Å². The molecule has 0 rings (SSSR count). The molecule has 0 aromatic carbocycles. The van der Waals surface area contributed by atoms with Gasteiger partial charge in [0.25, 0.3) is 0 Å². The minimum absolute atomic E-state index is 0.0117. The predicted octanol–water partition coefficient (Wildman–Crippen LogP) is 5.15. The summed E-state index contributed by atoms with van der Waals surface area (Å²) in [4.78, 5) is 3.53. The second-order valence-electron chi connectivity index (χ2n) is 4.33. The number of rotatable bonds is 10. The van der Waals surface area contributed by atoms with Gasteiger partial charge in [-0.15, -0.1) is 5.73 Å². The zero-order valence-corrected chi connectivity index (χ0v) is 10.7. The minimum Gasteiger partial charge on any atom is -0.308 e. The summed E-state index contributed by atoms with van der Waals surface area (Å²) in [6.45, 7) is 12.7. The zero-order valence-electron chi connectivity index (χ0n) is 10.7. The fraction of sp³-hybridized carbons (Fsp3) is 0.733. The van der Waals surface area contributed by atoms with Crippen molar-refractivity contribution in [3.8, 4) is 0 Å². The molecule has 0 saturated carbocycles. The monoisotopic (exact) mass is 219 g/mol. The highest BCUT2D eigenvalue weighted by molar-refractivity contribution is 4.97. The van der Waals surface area contributed by atoms with Crippen molar-refractivity contribution in [1.29, 1.82) is 0 Å². The van der Waals surface area contributed by atoms with Crippen LogP contribution in [0.3, 0.4) is 0 Å². The molecule has 0 aliphatic rings. The predicted molar refractivity (Wildman–Crippen MR) is 71.3 cm³/mol. The third-order valence-electron chi connectivity index (χ3n) is 2.83. The van der Waals surface area contributed by atoms with Gasteiger partial charge in [0.1, 0.15) is 0 Å². The average molecular weight is 219 g/mol. The molecule has 0 N–H and O–H groups in total. The van der Waals surface area contributed by atoms with Crippen LogP contribution in [0.4, 0.5) is 0 Å². The molecule has 0 fully saturated rings. The molecule has 0 spiro atoms. The molecule has 0 aromatic rings. The van der Waals surface area contributed by atoms with Gasteiger partial charge in [0.2, 0.25) is 6.04 Å². The summed E-state index contributed by atoms with van der Waals surface area (Å²) in [5.74, 6) is 0. The Kier molecular flexibility index (Phi) is 11.3. The zero-order chi connectivity index (χ0) is 12.1.